The van der Waals surface area contributed by atoms with Crippen molar-refractivity contribution in [1.29, 1.82) is 0 Å². The Balaban J connectivity index is 1.93. The number of hydrogen-bond donors (Lipinski definition) is 1. The van der Waals surface area contributed by atoms with Crippen LogP contribution in [0.15, 0.2) is 42.7 Å². The van der Waals surface area contributed by atoms with E-state index in [9.17, 15) is 4.39 Å². The van der Waals surface area contributed by atoms with E-state index >= 15 is 0 Å². The second-order valence-electron chi connectivity index (χ2n) is 5.22. The number of nitrogens with zero attached hydrogens (tertiary/aromatic N) is 2. The van der Waals surface area contributed by atoms with Crippen molar-refractivity contribution in [2.45, 2.75) is 19.4 Å². The van der Waals surface area contributed by atoms with Crippen molar-refractivity contribution >= 4 is 45.6 Å². The highest BCUT2D eigenvalue weighted by molar-refractivity contribution is 6.39. The number of nitrogens with one attached hydrogen (secondary N) is 1. The highest BCUT2D eigenvalue weighted by atomic mass is 35.5. The molecule has 0 bridgehead atoms. The van der Waals surface area contributed by atoms with Crippen molar-refractivity contribution in [2.75, 3.05) is 12.0 Å². The summed E-state index contributed by atoms with van der Waals surface area (Å²) in [5, 5.41) is 5.27. The number of aromatic nitrogens is 2. The van der Waals surface area contributed by atoms with Crippen molar-refractivity contribution in [3.63, 3.8) is 0 Å². The highest BCUT2D eigenvalue weighted by Gasteiger charge is 2.11. The number of para-hydroxylation sites is 1. The number of anilines is 2. The minimum atomic E-state index is -0.279. The Morgan fingerprint density at radius 3 is 2.61 bits per heavy atom. The fourth-order valence-electron chi connectivity index (χ4n) is 2.53. The van der Waals surface area contributed by atoms with E-state index in [-0.39, 0.29) is 6.67 Å². The number of rotatable bonds is 6. The number of halogens is 3. The molecule has 0 aliphatic rings. The third-order valence-corrected chi connectivity index (χ3v) is 4.32. The van der Waals surface area contributed by atoms with E-state index in [1.165, 1.54) is 0 Å². The number of benzene rings is 1. The molecule has 0 atom stereocenters. The van der Waals surface area contributed by atoms with Gasteiger partial charge in [0.2, 0.25) is 0 Å². The first kappa shape index (κ1) is 16.1. The fraction of sp³-hybridized carbons (Fsp3) is 0.235. The van der Waals surface area contributed by atoms with Gasteiger partial charge in [-0.3, -0.25) is 4.39 Å². The minimum Gasteiger partial charge on any atom is -0.347 e. The molecule has 0 radical (unpaired) electrons. The second-order valence-corrected chi connectivity index (χ2v) is 6.03. The summed E-state index contributed by atoms with van der Waals surface area (Å²) in [7, 11) is 0. The summed E-state index contributed by atoms with van der Waals surface area (Å²) in [6, 6.07) is 9.29. The number of aryl methyl sites for hydroxylation is 1. The van der Waals surface area contributed by atoms with E-state index < -0.39 is 0 Å². The quantitative estimate of drug-likeness (QED) is 0.565. The number of hydrogen-bond acceptors (Lipinski definition) is 2. The molecule has 120 valence electrons. The zero-order valence-electron chi connectivity index (χ0n) is 12.4. The molecule has 0 aliphatic carbocycles. The molecule has 3 nitrogen and oxygen atoms in total. The van der Waals surface area contributed by atoms with E-state index in [0.717, 1.165) is 23.9 Å². The summed E-state index contributed by atoms with van der Waals surface area (Å²) < 4.78 is 14.4. The molecule has 3 aromatic rings. The fourth-order valence-corrected chi connectivity index (χ4v) is 3.02. The molecule has 1 N–H and O–H groups in total. The first-order valence-electron chi connectivity index (χ1n) is 7.41. The lowest BCUT2D eigenvalue weighted by Gasteiger charge is -2.11. The lowest BCUT2D eigenvalue weighted by Crippen LogP contribution is -1.98. The van der Waals surface area contributed by atoms with Gasteiger partial charge in [-0.25, -0.2) is 4.98 Å². The van der Waals surface area contributed by atoms with Crippen LogP contribution >= 0.6 is 23.2 Å². The topological polar surface area (TPSA) is 29.9 Å². The minimum absolute atomic E-state index is 0.279. The normalized spacial score (nSPS) is 11.1. The van der Waals surface area contributed by atoms with Crippen LogP contribution in [0, 0.1) is 0 Å². The van der Waals surface area contributed by atoms with Gasteiger partial charge in [-0.05, 0) is 37.1 Å². The molecule has 0 saturated carbocycles. The van der Waals surface area contributed by atoms with Crippen LogP contribution in [0.1, 0.15) is 12.8 Å². The monoisotopic (exact) mass is 351 g/mol. The van der Waals surface area contributed by atoms with Gasteiger partial charge in [-0.15, -0.1) is 0 Å². The first-order valence-corrected chi connectivity index (χ1v) is 8.17. The van der Waals surface area contributed by atoms with Crippen molar-refractivity contribution in [2.24, 2.45) is 0 Å². The maximum absolute atomic E-state index is 12.3. The third-order valence-electron chi connectivity index (χ3n) is 3.69. The smallest absolute Gasteiger partial charge is 0.139 e. The SMILES string of the molecule is FCCCCn1ccc2c(Nc3c(Cl)cccc3Cl)nccc21. The maximum Gasteiger partial charge on any atom is 0.139 e. The van der Waals surface area contributed by atoms with Crippen LogP contribution in [0.2, 0.25) is 10.0 Å². The maximum atomic E-state index is 12.3. The van der Waals surface area contributed by atoms with Gasteiger partial charge in [0.15, 0.2) is 0 Å². The molecule has 0 unspecified atom stereocenters. The summed E-state index contributed by atoms with van der Waals surface area (Å²) in [6.07, 6.45) is 5.11. The second kappa shape index (κ2) is 7.20. The molecule has 0 aliphatic heterocycles. The van der Waals surface area contributed by atoms with Crippen molar-refractivity contribution in [3.05, 3.63) is 52.8 Å². The lowest BCUT2D eigenvalue weighted by atomic mass is 10.2. The predicted octanol–water partition coefficient (Wildman–Crippen LogP) is 5.84. The molecule has 23 heavy (non-hydrogen) atoms. The van der Waals surface area contributed by atoms with Crippen LogP contribution in [0.4, 0.5) is 15.9 Å². The Morgan fingerprint density at radius 1 is 1.09 bits per heavy atom. The van der Waals surface area contributed by atoms with Crippen molar-refractivity contribution in [3.8, 4) is 0 Å². The van der Waals surface area contributed by atoms with E-state index in [0.29, 0.717) is 28.0 Å². The largest absolute Gasteiger partial charge is 0.347 e. The summed E-state index contributed by atoms with van der Waals surface area (Å²) in [4.78, 5) is 4.39. The van der Waals surface area contributed by atoms with E-state index in [4.69, 9.17) is 23.2 Å². The Bertz CT molecular complexity index is 796. The summed E-state index contributed by atoms with van der Waals surface area (Å²) >= 11 is 12.4. The average molecular weight is 352 g/mol. The molecule has 1 aromatic carbocycles. The molecule has 3 rings (SSSR count). The Morgan fingerprint density at radius 2 is 1.87 bits per heavy atom. The molecule has 2 heterocycles. The number of pyridine rings is 1. The standard InChI is InChI=1S/C17H16Cl2FN3/c18-13-4-3-5-14(19)16(13)22-17-12-7-11-23(10-2-1-8-20)15(12)6-9-21-17/h3-7,9,11H,1-2,8,10H2,(H,21,22). The third kappa shape index (κ3) is 3.43. The Kier molecular flexibility index (Phi) is 5.03. The van der Waals surface area contributed by atoms with Crippen LogP contribution in [-0.2, 0) is 6.54 Å². The Hall–Kier alpha value is -1.78. The molecule has 2 aromatic heterocycles. The zero-order chi connectivity index (χ0) is 16.2. The van der Waals surface area contributed by atoms with Gasteiger partial charge in [-0.2, -0.15) is 0 Å². The molecule has 0 spiro atoms. The number of fused-ring (bicyclic) bond motifs is 1. The average Bonchev–Trinajstić information content (AvgIpc) is 2.95. The van der Waals surface area contributed by atoms with Gasteiger partial charge in [0, 0.05) is 24.3 Å². The summed E-state index contributed by atoms with van der Waals surface area (Å²) in [5.41, 5.74) is 1.69. The number of alkyl halides is 1. The van der Waals surface area contributed by atoms with E-state index in [2.05, 4.69) is 14.9 Å². The Labute approximate surface area is 144 Å². The molecule has 0 amide bonds. The molecular formula is C17H16Cl2FN3. The van der Waals surface area contributed by atoms with Gasteiger partial charge < -0.3 is 9.88 Å². The van der Waals surface area contributed by atoms with Gasteiger partial charge in [0.25, 0.3) is 0 Å². The predicted molar refractivity (Wildman–Crippen MR) is 94.7 cm³/mol. The van der Waals surface area contributed by atoms with Crippen LogP contribution in [0.3, 0.4) is 0 Å². The first-order chi connectivity index (χ1) is 11.2. The van der Waals surface area contributed by atoms with E-state index in [1.807, 2.05) is 18.3 Å². The number of unbranched alkanes of at least 4 members (excludes halogenated alkanes) is 1. The van der Waals surface area contributed by atoms with Crippen LogP contribution in [-0.4, -0.2) is 16.2 Å². The molecule has 0 fully saturated rings. The van der Waals surface area contributed by atoms with Crippen molar-refractivity contribution < 1.29 is 4.39 Å². The van der Waals surface area contributed by atoms with Gasteiger partial charge in [-0.1, -0.05) is 29.3 Å². The molecule has 6 heteroatoms. The van der Waals surface area contributed by atoms with Crippen LogP contribution in [0.5, 0.6) is 0 Å². The van der Waals surface area contributed by atoms with Crippen molar-refractivity contribution in [1.82, 2.24) is 9.55 Å². The summed E-state index contributed by atoms with van der Waals surface area (Å²) in [6.45, 7) is 0.502. The summed E-state index contributed by atoms with van der Waals surface area (Å²) in [5.74, 6) is 0.696. The molecular weight excluding hydrogens is 336 g/mol. The van der Waals surface area contributed by atoms with Crippen LogP contribution < -0.4 is 5.32 Å². The zero-order valence-corrected chi connectivity index (χ0v) is 13.9. The molecule has 0 saturated heterocycles. The van der Waals surface area contributed by atoms with Crippen LogP contribution in [0.25, 0.3) is 10.9 Å². The lowest BCUT2D eigenvalue weighted by molar-refractivity contribution is 0.449. The van der Waals surface area contributed by atoms with Gasteiger partial charge >= 0.3 is 0 Å². The van der Waals surface area contributed by atoms with E-state index in [1.54, 1.807) is 24.4 Å². The van der Waals surface area contributed by atoms with Gasteiger partial charge in [0.1, 0.15) is 5.82 Å². The highest BCUT2D eigenvalue weighted by Crippen LogP contribution is 2.34. The van der Waals surface area contributed by atoms with Gasteiger partial charge in [0.05, 0.1) is 27.9 Å².